The van der Waals surface area contributed by atoms with Gasteiger partial charge in [0.15, 0.2) is 5.96 Å². The fraction of sp³-hybridized carbons (Fsp3) is 0.611. The van der Waals surface area contributed by atoms with Gasteiger partial charge in [-0.2, -0.15) is 4.31 Å². The summed E-state index contributed by atoms with van der Waals surface area (Å²) in [5, 5.41) is 6.45. The highest BCUT2D eigenvalue weighted by Crippen LogP contribution is 2.17. The van der Waals surface area contributed by atoms with Gasteiger partial charge in [0.05, 0.1) is 18.0 Å². The second-order valence-corrected chi connectivity index (χ2v) is 8.45. The van der Waals surface area contributed by atoms with Crippen molar-refractivity contribution in [2.75, 3.05) is 27.3 Å². The minimum absolute atomic E-state index is 0.0906. The Morgan fingerprint density at radius 2 is 1.85 bits per heavy atom. The highest BCUT2D eigenvalue weighted by Gasteiger charge is 2.22. The number of aliphatic imine (C=N–C) groups is 1. The summed E-state index contributed by atoms with van der Waals surface area (Å²) in [6.45, 7) is 9.51. The molecule has 1 aromatic carbocycles. The fourth-order valence-corrected chi connectivity index (χ4v) is 3.59. The van der Waals surface area contributed by atoms with Crippen LogP contribution in [0.1, 0.15) is 33.3 Å². The Labute approximate surface area is 157 Å². The SMILES string of the molecule is CCNC(=NCc1ccc(S(=O)(=O)N(C)C(C)C)cc1)NC(C)COC. The summed E-state index contributed by atoms with van der Waals surface area (Å²) in [4.78, 5) is 4.83. The molecule has 148 valence electrons. The number of nitrogens with one attached hydrogen (secondary N) is 2. The van der Waals surface area contributed by atoms with E-state index >= 15 is 0 Å². The lowest BCUT2D eigenvalue weighted by atomic mass is 10.2. The van der Waals surface area contributed by atoms with Crippen molar-refractivity contribution in [3.63, 3.8) is 0 Å². The molecule has 0 spiro atoms. The van der Waals surface area contributed by atoms with Crippen LogP contribution in [-0.2, 0) is 21.3 Å². The first kappa shape index (κ1) is 22.4. The summed E-state index contributed by atoms with van der Waals surface area (Å²) in [7, 11) is -0.206. The van der Waals surface area contributed by atoms with Crippen LogP contribution in [0.4, 0.5) is 0 Å². The number of hydrogen-bond acceptors (Lipinski definition) is 4. The zero-order valence-electron chi connectivity index (χ0n) is 16.6. The van der Waals surface area contributed by atoms with Crippen LogP contribution in [-0.4, -0.2) is 58.1 Å². The lowest BCUT2D eigenvalue weighted by Crippen LogP contribution is -2.43. The third-order valence-corrected chi connectivity index (χ3v) is 5.94. The predicted octanol–water partition coefficient (Wildman–Crippen LogP) is 1.81. The van der Waals surface area contributed by atoms with E-state index in [9.17, 15) is 8.42 Å². The Kier molecular flexibility index (Phi) is 9.04. The molecule has 1 atom stereocenters. The second-order valence-electron chi connectivity index (χ2n) is 6.45. The zero-order valence-corrected chi connectivity index (χ0v) is 17.4. The summed E-state index contributed by atoms with van der Waals surface area (Å²) in [5.41, 5.74) is 0.938. The summed E-state index contributed by atoms with van der Waals surface area (Å²) < 4.78 is 31.5. The molecule has 0 saturated heterocycles. The number of guanidine groups is 1. The van der Waals surface area contributed by atoms with E-state index in [-0.39, 0.29) is 12.1 Å². The average molecular weight is 385 g/mol. The summed E-state index contributed by atoms with van der Waals surface area (Å²) in [6.07, 6.45) is 0. The molecule has 2 N–H and O–H groups in total. The van der Waals surface area contributed by atoms with Gasteiger partial charge in [-0.05, 0) is 45.4 Å². The maximum atomic E-state index is 12.5. The molecule has 0 aliphatic carbocycles. The maximum Gasteiger partial charge on any atom is 0.243 e. The van der Waals surface area contributed by atoms with Gasteiger partial charge < -0.3 is 15.4 Å². The van der Waals surface area contributed by atoms with E-state index < -0.39 is 10.0 Å². The van der Waals surface area contributed by atoms with Gasteiger partial charge >= 0.3 is 0 Å². The molecule has 0 aliphatic rings. The second kappa shape index (κ2) is 10.5. The van der Waals surface area contributed by atoms with Crippen molar-refractivity contribution in [2.24, 2.45) is 4.99 Å². The van der Waals surface area contributed by atoms with Gasteiger partial charge in [-0.15, -0.1) is 0 Å². The Morgan fingerprint density at radius 3 is 2.35 bits per heavy atom. The summed E-state index contributed by atoms with van der Waals surface area (Å²) in [6, 6.07) is 6.91. The van der Waals surface area contributed by atoms with E-state index in [0.29, 0.717) is 24.0 Å². The molecule has 0 saturated carbocycles. The van der Waals surface area contributed by atoms with E-state index in [2.05, 4.69) is 15.6 Å². The Balaban J connectivity index is 2.84. The van der Waals surface area contributed by atoms with Gasteiger partial charge in [0.2, 0.25) is 10.0 Å². The number of rotatable bonds is 9. The largest absolute Gasteiger partial charge is 0.383 e. The molecule has 26 heavy (non-hydrogen) atoms. The normalized spacial score (nSPS) is 13.9. The van der Waals surface area contributed by atoms with Crippen LogP contribution in [0.3, 0.4) is 0 Å². The highest BCUT2D eigenvalue weighted by molar-refractivity contribution is 7.89. The number of ether oxygens (including phenoxy) is 1. The first-order valence-electron chi connectivity index (χ1n) is 8.83. The van der Waals surface area contributed by atoms with E-state index in [1.807, 2.05) is 27.7 Å². The number of nitrogens with zero attached hydrogens (tertiary/aromatic N) is 2. The van der Waals surface area contributed by atoms with Crippen LogP contribution in [0.5, 0.6) is 0 Å². The molecule has 0 aliphatic heterocycles. The number of methoxy groups -OCH3 is 1. The third kappa shape index (κ3) is 6.59. The summed E-state index contributed by atoms with van der Waals surface area (Å²) >= 11 is 0. The molecule has 0 heterocycles. The summed E-state index contributed by atoms with van der Waals surface area (Å²) in [5.74, 6) is 0.702. The lowest BCUT2D eigenvalue weighted by molar-refractivity contribution is 0.179. The zero-order chi connectivity index (χ0) is 19.7. The molecule has 0 aromatic heterocycles. The standard InChI is InChI=1S/C18H32N4O3S/c1-7-19-18(21-15(4)13-25-6)20-12-16-8-10-17(11-9-16)26(23,24)22(5)14(2)3/h8-11,14-15H,7,12-13H2,1-6H3,(H2,19,20,21). The quantitative estimate of drug-likeness (QED) is 0.501. The van der Waals surface area contributed by atoms with Gasteiger partial charge in [-0.3, -0.25) is 0 Å². The smallest absolute Gasteiger partial charge is 0.243 e. The Hall–Kier alpha value is -1.64. The molecular weight excluding hydrogens is 352 g/mol. The Bertz CT molecular complexity index is 672. The minimum Gasteiger partial charge on any atom is -0.383 e. The van der Waals surface area contributed by atoms with Crippen molar-refractivity contribution in [2.45, 2.75) is 51.2 Å². The molecule has 0 fully saturated rings. The van der Waals surface area contributed by atoms with Crippen molar-refractivity contribution < 1.29 is 13.2 Å². The van der Waals surface area contributed by atoms with Crippen LogP contribution < -0.4 is 10.6 Å². The van der Waals surface area contributed by atoms with Gasteiger partial charge in [-0.1, -0.05) is 12.1 Å². The van der Waals surface area contributed by atoms with Crippen molar-refractivity contribution in [1.82, 2.24) is 14.9 Å². The van der Waals surface area contributed by atoms with Crippen LogP contribution >= 0.6 is 0 Å². The van der Waals surface area contributed by atoms with Crippen LogP contribution in [0.2, 0.25) is 0 Å². The minimum atomic E-state index is -3.46. The van der Waals surface area contributed by atoms with Crippen LogP contribution in [0, 0.1) is 0 Å². The number of benzene rings is 1. The van der Waals surface area contributed by atoms with Crippen molar-refractivity contribution in [3.05, 3.63) is 29.8 Å². The molecule has 0 radical (unpaired) electrons. The molecule has 1 aromatic rings. The lowest BCUT2D eigenvalue weighted by Gasteiger charge is -2.21. The van der Waals surface area contributed by atoms with E-state index in [1.54, 1.807) is 38.4 Å². The maximum absolute atomic E-state index is 12.5. The third-order valence-electron chi connectivity index (χ3n) is 3.89. The molecule has 8 heteroatoms. The highest BCUT2D eigenvalue weighted by atomic mass is 32.2. The molecular formula is C18H32N4O3S. The molecule has 0 bridgehead atoms. The van der Waals surface area contributed by atoms with Crippen molar-refractivity contribution in [1.29, 1.82) is 0 Å². The monoisotopic (exact) mass is 384 g/mol. The van der Waals surface area contributed by atoms with Crippen LogP contribution in [0.25, 0.3) is 0 Å². The first-order chi connectivity index (χ1) is 12.2. The van der Waals surface area contributed by atoms with E-state index in [4.69, 9.17) is 4.74 Å². The molecule has 7 nitrogen and oxygen atoms in total. The van der Waals surface area contributed by atoms with Gasteiger partial charge in [0.25, 0.3) is 0 Å². The van der Waals surface area contributed by atoms with E-state index in [0.717, 1.165) is 12.1 Å². The molecule has 1 unspecified atom stereocenters. The van der Waals surface area contributed by atoms with Crippen molar-refractivity contribution >= 4 is 16.0 Å². The van der Waals surface area contributed by atoms with E-state index in [1.165, 1.54) is 4.31 Å². The fourth-order valence-electron chi connectivity index (χ4n) is 2.23. The molecule has 1 rings (SSSR count). The van der Waals surface area contributed by atoms with Gasteiger partial charge in [0, 0.05) is 32.8 Å². The predicted molar refractivity (Wildman–Crippen MR) is 106 cm³/mol. The molecule has 0 amide bonds. The first-order valence-corrected chi connectivity index (χ1v) is 10.3. The number of sulfonamides is 1. The number of hydrogen-bond donors (Lipinski definition) is 2. The van der Waals surface area contributed by atoms with Crippen LogP contribution in [0.15, 0.2) is 34.2 Å². The van der Waals surface area contributed by atoms with Crippen molar-refractivity contribution in [3.8, 4) is 0 Å². The van der Waals surface area contributed by atoms with Gasteiger partial charge in [-0.25, -0.2) is 13.4 Å². The Morgan fingerprint density at radius 1 is 1.23 bits per heavy atom. The van der Waals surface area contributed by atoms with Gasteiger partial charge in [0.1, 0.15) is 0 Å². The average Bonchev–Trinajstić information content (AvgIpc) is 2.59. The topological polar surface area (TPSA) is 83.0 Å².